The molecule has 28 heavy (non-hydrogen) atoms. The Morgan fingerprint density at radius 3 is 1.89 bits per heavy atom. The van der Waals surface area contributed by atoms with E-state index in [0.717, 1.165) is 25.7 Å². The van der Waals surface area contributed by atoms with Crippen molar-refractivity contribution in [3.63, 3.8) is 0 Å². The number of nitrogens with one attached hydrogen (secondary N) is 2. The summed E-state index contributed by atoms with van der Waals surface area (Å²) in [4.78, 5) is 24.3. The fraction of sp³-hybridized carbons (Fsp3) is 0.783. The Hall–Kier alpha value is -1.65. The molecule has 0 aromatic carbocycles. The van der Waals surface area contributed by atoms with Crippen molar-refractivity contribution in [2.75, 3.05) is 13.6 Å². The number of carbonyl (C=O) groups excluding carboxylic acids is 2. The van der Waals surface area contributed by atoms with E-state index in [1.807, 2.05) is 0 Å². The van der Waals surface area contributed by atoms with E-state index < -0.39 is 0 Å². The SMILES string of the molecule is CCCCCCCCCC/C=C\CCCCCC(=O)NC(=N)N(C)CC(C)=O. The first-order valence-corrected chi connectivity index (χ1v) is 11.2. The molecule has 5 nitrogen and oxygen atoms in total. The van der Waals surface area contributed by atoms with Crippen molar-refractivity contribution < 1.29 is 9.59 Å². The summed E-state index contributed by atoms with van der Waals surface area (Å²) in [6, 6.07) is 0. The van der Waals surface area contributed by atoms with Gasteiger partial charge in [0.05, 0.1) is 6.54 Å². The van der Waals surface area contributed by atoms with Crippen molar-refractivity contribution >= 4 is 17.6 Å². The molecule has 0 saturated carbocycles. The molecule has 0 aliphatic carbocycles. The molecule has 0 aliphatic heterocycles. The fourth-order valence-electron chi connectivity index (χ4n) is 3.06. The van der Waals surface area contributed by atoms with Gasteiger partial charge in [0.15, 0.2) is 5.96 Å². The van der Waals surface area contributed by atoms with Crippen LogP contribution in [0.25, 0.3) is 0 Å². The predicted octanol–water partition coefficient (Wildman–Crippen LogP) is 5.60. The molecule has 0 heterocycles. The fourth-order valence-corrected chi connectivity index (χ4v) is 3.06. The summed E-state index contributed by atoms with van der Waals surface area (Å²) in [6.07, 6.45) is 21.1. The van der Waals surface area contributed by atoms with Crippen LogP contribution in [0.1, 0.15) is 104 Å². The molecule has 2 N–H and O–H groups in total. The molecule has 0 atom stereocenters. The number of ketones is 1. The third kappa shape index (κ3) is 17.7. The zero-order valence-electron chi connectivity index (χ0n) is 18.5. The van der Waals surface area contributed by atoms with E-state index in [1.165, 1.54) is 69.6 Å². The molecule has 0 saturated heterocycles. The summed E-state index contributed by atoms with van der Waals surface area (Å²) >= 11 is 0. The topological polar surface area (TPSA) is 73.3 Å². The molecule has 0 bridgehead atoms. The van der Waals surface area contributed by atoms with E-state index >= 15 is 0 Å². The predicted molar refractivity (Wildman–Crippen MR) is 119 cm³/mol. The van der Waals surface area contributed by atoms with Crippen LogP contribution in [0.4, 0.5) is 0 Å². The summed E-state index contributed by atoms with van der Waals surface area (Å²) in [5.41, 5.74) is 0. The van der Waals surface area contributed by atoms with E-state index in [2.05, 4.69) is 24.4 Å². The van der Waals surface area contributed by atoms with Gasteiger partial charge in [0.2, 0.25) is 5.91 Å². The molecule has 0 aliphatic rings. The number of hydrogen-bond donors (Lipinski definition) is 2. The number of hydrogen-bond acceptors (Lipinski definition) is 3. The minimum atomic E-state index is -0.148. The largest absolute Gasteiger partial charge is 0.339 e. The normalized spacial score (nSPS) is 11.0. The Morgan fingerprint density at radius 2 is 1.36 bits per heavy atom. The highest BCUT2D eigenvalue weighted by atomic mass is 16.2. The van der Waals surface area contributed by atoms with E-state index in [4.69, 9.17) is 5.41 Å². The first kappa shape index (κ1) is 26.4. The molecule has 0 spiro atoms. The van der Waals surface area contributed by atoms with Crippen LogP contribution in [0.15, 0.2) is 12.2 Å². The summed E-state index contributed by atoms with van der Waals surface area (Å²) < 4.78 is 0. The second-order valence-corrected chi connectivity index (χ2v) is 7.79. The van der Waals surface area contributed by atoms with Crippen molar-refractivity contribution in [3.05, 3.63) is 12.2 Å². The highest BCUT2D eigenvalue weighted by Gasteiger charge is 2.10. The molecule has 0 radical (unpaired) electrons. The van der Waals surface area contributed by atoms with Gasteiger partial charge in [-0.25, -0.2) is 0 Å². The highest BCUT2D eigenvalue weighted by Crippen LogP contribution is 2.10. The Balaban J connectivity index is 3.46. The first-order chi connectivity index (χ1) is 13.5. The molecule has 0 fully saturated rings. The smallest absolute Gasteiger partial charge is 0.226 e. The number of rotatable bonds is 17. The van der Waals surface area contributed by atoms with Gasteiger partial charge in [0.1, 0.15) is 5.78 Å². The summed E-state index contributed by atoms with van der Waals surface area (Å²) in [5.74, 6) is -0.188. The highest BCUT2D eigenvalue weighted by molar-refractivity contribution is 5.96. The minimum Gasteiger partial charge on any atom is -0.339 e. The van der Waals surface area contributed by atoms with E-state index in [9.17, 15) is 9.59 Å². The zero-order chi connectivity index (χ0) is 21.0. The van der Waals surface area contributed by atoms with Crippen LogP contribution in [0.2, 0.25) is 0 Å². The lowest BCUT2D eigenvalue weighted by Gasteiger charge is -2.18. The Morgan fingerprint density at radius 1 is 0.857 bits per heavy atom. The number of unbranched alkanes of at least 4 members (excludes halogenated alkanes) is 11. The van der Waals surface area contributed by atoms with E-state index in [0.29, 0.717) is 6.42 Å². The quantitative estimate of drug-likeness (QED) is 0.146. The standard InChI is InChI=1S/C23H43N3O2/c1-4-5-6-7-8-9-10-11-12-13-14-15-16-17-18-19-22(28)25-23(24)26(3)20-21(2)27/h13-14H,4-12,15-20H2,1-3H3,(H2,24,25,28)/b14-13-. The lowest BCUT2D eigenvalue weighted by atomic mass is 10.1. The van der Waals surface area contributed by atoms with E-state index in [-0.39, 0.29) is 24.2 Å². The lowest BCUT2D eigenvalue weighted by Crippen LogP contribution is -2.43. The van der Waals surface area contributed by atoms with Gasteiger partial charge in [0, 0.05) is 13.5 Å². The monoisotopic (exact) mass is 393 g/mol. The van der Waals surface area contributed by atoms with Gasteiger partial charge in [-0.2, -0.15) is 0 Å². The maximum atomic E-state index is 11.8. The van der Waals surface area contributed by atoms with Gasteiger partial charge in [-0.05, 0) is 39.0 Å². The molecule has 0 aromatic heterocycles. The Kier molecular flexibility index (Phi) is 17.6. The van der Waals surface area contributed by atoms with Gasteiger partial charge in [-0.1, -0.05) is 70.4 Å². The van der Waals surface area contributed by atoms with Crippen LogP contribution >= 0.6 is 0 Å². The molecular formula is C23H43N3O2. The Bertz CT molecular complexity index is 461. The number of guanidine groups is 1. The summed E-state index contributed by atoms with van der Waals surface area (Å²) in [5, 5.41) is 10.3. The number of nitrogens with zero attached hydrogens (tertiary/aromatic N) is 1. The molecular weight excluding hydrogens is 350 g/mol. The first-order valence-electron chi connectivity index (χ1n) is 11.2. The van der Waals surface area contributed by atoms with Gasteiger partial charge < -0.3 is 4.90 Å². The second-order valence-electron chi connectivity index (χ2n) is 7.79. The number of carbonyl (C=O) groups is 2. The van der Waals surface area contributed by atoms with Crippen LogP contribution in [0, 0.1) is 5.41 Å². The number of allylic oxidation sites excluding steroid dienone is 2. The van der Waals surface area contributed by atoms with Gasteiger partial charge in [-0.15, -0.1) is 0 Å². The average Bonchev–Trinajstić information content (AvgIpc) is 2.64. The molecule has 162 valence electrons. The van der Waals surface area contributed by atoms with Crippen LogP contribution in [-0.2, 0) is 9.59 Å². The molecule has 0 unspecified atom stereocenters. The van der Waals surface area contributed by atoms with Crippen molar-refractivity contribution in [1.29, 1.82) is 5.41 Å². The van der Waals surface area contributed by atoms with Crippen LogP contribution in [0.3, 0.4) is 0 Å². The third-order valence-electron chi connectivity index (χ3n) is 4.77. The Labute approximate surface area is 172 Å². The third-order valence-corrected chi connectivity index (χ3v) is 4.77. The number of Topliss-reactive ketones (excluding diaryl/α,β-unsaturated/α-hetero) is 1. The minimum absolute atomic E-state index is 0.0101. The van der Waals surface area contributed by atoms with Crippen LogP contribution in [0.5, 0.6) is 0 Å². The van der Waals surface area contributed by atoms with Gasteiger partial charge in [0.25, 0.3) is 0 Å². The van der Waals surface area contributed by atoms with Crippen molar-refractivity contribution in [1.82, 2.24) is 10.2 Å². The summed E-state index contributed by atoms with van der Waals surface area (Å²) in [6.45, 7) is 3.87. The molecule has 1 amide bonds. The van der Waals surface area contributed by atoms with E-state index in [1.54, 1.807) is 7.05 Å². The lowest BCUT2D eigenvalue weighted by molar-refractivity contribution is -0.120. The maximum Gasteiger partial charge on any atom is 0.226 e. The van der Waals surface area contributed by atoms with Crippen molar-refractivity contribution in [2.24, 2.45) is 0 Å². The second kappa shape index (κ2) is 18.7. The molecule has 5 heteroatoms. The number of amides is 1. The zero-order valence-corrected chi connectivity index (χ0v) is 18.5. The van der Waals surface area contributed by atoms with Crippen LogP contribution in [-0.4, -0.2) is 36.1 Å². The van der Waals surface area contributed by atoms with Gasteiger partial charge in [-0.3, -0.25) is 20.3 Å². The maximum absolute atomic E-state index is 11.8. The van der Waals surface area contributed by atoms with Crippen molar-refractivity contribution in [2.45, 2.75) is 104 Å². The number of likely N-dealkylation sites (N-methyl/N-ethyl adjacent to an activating group) is 1. The molecule has 0 aromatic rings. The van der Waals surface area contributed by atoms with Gasteiger partial charge >= 0.3 is 0 Å². The van der Waals surface area contributed by atoms with Crippen LogP contribution < -0.4 is 5.32 Å². The molecule has 0 rings (SSSR count). The van der Waals surface area contributed by atoms with Crippen molar-refractivity contribution in [3.8, 4) is 0 Å². The average molecular weight is 394 g/mol. The summed E-state index contributed by atoms with van der Waals surface area (Å²) in [7, 11) is 1.63.